The van der Waals surface area contributed by atoms with Crippen molar-refractivity contribution in [3.05, 3.63) is 71.9 Å². The molecule has 2 heterocycles. The Morgan fingerprint density at radius 2 is 1.85 bits per heavy atom. The molecule has 1 aromatic heterocycles. The highest BCUT2D eigenvalue weighted by Gasteiger charge is 2.33. The molecular formula is C22H21N3O2. The zero-order valence-corrected chi connectivity index (χ0v) is 15.4. The van der Waals surface area contributed by atoms with Crippen molar-refractivity contribution in [2.75, 3.05) is 18.0 Å². The normalized spacial score (nSPS) is 17.4. The summed E-state index contributed by atoms with van der Waals surface area (Å²) in [7, 11) is 0. The van der Waals surface area contributed by atoms with Crippen LogP contribution in [0, 0.1) is 6.92 Å². The number of amides is 2. The largest absolute Gasteiger partial charge is 0.325 e. The number of anilines is 1. The second-order valence-corrected chi connectivity index (χ2v) is 7.04. The van der Waals surface area contributed by atoms with Gasteiger partial charge in [-0.1, -0.05) is 35.9 Å². The van der Waals surface area contributed by atoms with Crippen LogP contribution in [0.3, 0.4) is 0 Å². The third kappa shape index (κ3) is 3.28. The highest BCUT2D eigenvalue weighted by atomic mass is 16.2. The van der Waals surface area contributed by atoms with Crippen LogP contribution in [0.2, 0.25) is 0 Å². The van der Waals surface area contributed by atoms with Crippen LogP contribution in [0.1, 0.15) is 22.8 Å². The van der Waals surface area contributed by atoms with Gasteiger partial charge in [-0.15, -0.1) is 0 Å². The Bertz CT molecular complexity index is 1010. The fourth-order valence-electron chi connectivity index (χ4n) is 3.45. The summed E-state index contributed by atoms with van der Waals surface area (Å²) in [6.07, 6.45) is 1.59. The van der Waals surface area contributed by atoms with E-state index in [-0.39, 0.29) is 24.4 Å². The summed E-state index contributed by atoms with van der Waals surface area (Å²) in [5.41, 5.74) is 3.38. The first kappa shape index (κ1) is 17.2. The molecular weight excluding hydrogens is 338 g/mol. The maximum atomic E-state index is 13.0. The molecule has 1 atom stereocenters. The lowest BCUT2D eigenvalue weighted by molar-refractivity contribution is -0.121. The van der Waals surface area contributed by atoms with Crippen molar-refractivity contribution in [3.8, 4) is 0 Å². The van der Waals surface area contributed by atoms with Crippen molar-refractivity contribution in [1.82, 2.24) is 9.88 Å². The summed E-state index contributed by atoms with van der Waals surface area (Å²) < 4.78 is 0. The summed E-state index contributed by atoms with van der Waals surface area (Å²) in [4.78, 5) is 33.5. The molecule has 2 aromatic carbocycles. The van der Waals surface area contributed by atoms with Crippen molar-refractivity contribution in [3.63, 3.8) is 0 Å². The molecule has 1 aliphatic heterocycles. The Morgan fingerprint density at radius 3 is 2.63 bits per heavy atom. The van der Waals surface area contributed by atoms with Crippen molar-refractivity contribution in [2.24, 2.45) is 0 Å². The van der Waals surface area contributed by atoms with Crippen LogP contribution in [-0.2, 0) is 4.79 Å². The van der Waals surface area contributed by atoms with E-state index in [1.165, 1.54) is 0 Å². The number of nitrogens with zero attached hydrogens (tertiary/aromatic N) is 3. The van der Waals surface area contributed by atoms with Crippen LogP contribution in [0.15, 0.2) is 60.8 Å². The van der Waals surface area contributed by atoms with E-state index < -0.39 is 0 Å². The summed E-state index contributed by atoms with van der Waals surface area (Å²) >= 11 is 0. The number of hydrogen-bond acceptors (Lipinski definition) is 3. The first-order chi connectivity index (χ1) is 13.0. The van der Waals surface area contributed by atoms with Gasteiger partial charge >= 0.3 is 0 Å². The molecule has 3 aromatic rings. The van der Waals surface area contributed by atoms with E-state index in [1.54, 1.807) is 16.0 Å². The first-order valence-electron chi connectivity index (χ1n) is 9.06. The molecule has 5 heteroatoms. The zero-order valence-electron chi connectivity index (χ0n) is 15.4. The highest BCUT2D eigenvalue weighted by Crippen LogP contribution is 2.22. The maximum absolute atomic E-state index is 13.0. The van der Waals surface area contributed by atoms with Gasteiger partial charge in [-0.25, -0.2) is 0 Å². The Morgan fingerprint density at radius 1 is 1.11 bits per heavy atom. The van der Waals surface area contributed by atoms with Crippen LogP contribution < -0.4 is 4.90 Å². The summed E-state index contributed by atoms with van der Waals surface area (Å²) in [5.74, 6) is -0.225. The Labute approximate surface area is 158 Å². The standard InChI is InChI=1S/C22H21N3O2/c1-15-7-9-19(10-8-15)25-13-16(2)24(14-21(25)26)22(27)18-11-17-5-3-4-6-20(17)23-12-18/h3-12,16H,13-14H2,1-2H3/t16-/m0/s1. The van der Waals surface area contributed by atoms with Crippen LogP contribution in [-0.4, -0.2) is 40.8 Å². The number of carbonyl (C=O) groups is 2. The predicted octanol–water partition coefficient (Wildman–Crippen LogP) is 3.42. The van der Waals surface area contributed by atoms with Crippen molar-refractivity contribution in [2.45, 2.75) is 19.9 Å². The van der Waals surface area contributed by atoms with Crippen LogP contribution in [0.4, 0.5) is 5.69 Å². The number of carbonyl (C=O) groups excluding carboxylic acids is 2. The maximum Gasteiger partial charge on any atom is 0.256 e. The lowest BCUT2D eigenvalue weighted by Crippen LogP contribution is -2.57. The van der Waals surface area contributed by atoms with Crippen molar-refractivity contribution in [1.29, 1.82) is 0 Å². The molecule has 0 N–H and O–H groups in total. The van der Waals surface area contributed by atoms with Gasteiger partial charge in [0.1, 0.15) is 6.54 Å². The molecule has 0 saturated carbocycles. The number of benzene rings is 2. The van der Waals surface area contributed by atoms with Crippen LogP contribution in [0.25, 0.3) is 10.9 Å². The van der Waals surface area contributed by atoms with Gasteiger partial charge in [0.2, 0.25) is 5.91 Å². The van der Waals surface area contributed by atoms with E-state index in [9.17, 15) is 9.59 Å². The van der Waals surface area contributed by atoms with E-state index in [4.69, 9.17) is 0 Å². The lowest BCUT2D eigenvalue weighted by Gasteiger charge is -2.39. The number of pyridine rings is 1. The fraction of sp³-hybridized carbons (Fsp3) is 0.227. The molecule has 0 unspecified atom stereocenters. The Kier molecular flexibility index (Phi) is 4.36. The van der Waals surface area contributed by atoms with E-state index in [0.717, 1.165) is 22.2 Å². The van der Waals surface area contributed by atoms with Gasteiger partial charge in [0, 0.05) is 29.9 Å². The smallest absolute Gasteiger partial charge is 0.256 e. The predicted molar refractivity (Wildman–Crippen MR) is 106 cm³/mol. The number of hydrogen-bond donors (Lipinski definition) is 0. The van der Waals surface area contributed by atoms with Gasteiger partial charge in [-0.2, -0.15) is 0 Å². The van der Waals surface area contributed by atoms with Crippen LogP contribution >= 0.6 is 0 Å². The quantitative estimate of drug-likeness (QED) is 0.704. The van der Waals surface area contributed by atoms with Gasteiger partial charge < -0.3 is 9.80 Å². The highest BCUT2D eigenvalue weighted by molar-refractivity contribution is 6.03. The monoisotopic (exact) mass is 359 g/mol. The minimum atomic E-state index is -0.155. The summed E-state index contributed by atoms with van der Waals surface area (Å²) in [6.45, 7) is 4.54. The lowest BCUT2D eigenvalue weighted by atomic mass is 10.1. The van der Waals surface area contributed by atoms with Gasteiger partial charge in [0.25, 0.3) is 5.91 Å². The number of fused-ring (bicyclic) bond motifs is 1. The zero-order chi connectivity index (χ0) is 19.0. The molecule has 1 aliphatic rings. The molecule has 27 heavy (non-hydrogen) atoms. The number of piperazine rings is 1. The minimum absolute atomic E-state index is 0.0701. The van der Waals surface area contributed by atoms with Gasteiger partial charge in [0.15, 0.2) is 0 Å². The summed E-state index contributed by atoms with van der Waals surface area (Å²) in [5, 5.41) is 0.917. The molecule has 136 valence electrons. The summed E-state index contributed by atoms with van der Waals surface area (Å²) in [6, 6.07) is 17.3. The Hall–Kier alpha value is -3.21. The molecule has 1 saturated heterocycles. The molecule has 2 amide bonds. The molecule has 5 nitrogen and oxygen atoms in total. The molecule has 0 bridgehead atoms. The fourth-order valence-corrected chi connectivity index (χ4v) is 3.45. The minimum Gasteiger partial charge on any atom is -0.325 e. The second kappa shape index (κ2) is 6.83. The number of rotatable bonds is 2. The van der Waals surface area contributed by atoms with E-state index in [2.05, 4.69) is 4.98 Å². The number of aromatic nitrogens is 1. The average molecular weight is 359 g/mol. The van der Waals surface area contributed by atoms with Gasteiger partial charge in [-0.3, -0.25) is 14.6 Å². The molecule has 0 aliphatic carbocycles. The second-order valence-electron chi connectivity index (χ2n) is 7.04. The third-order valence-electron chi connectivity index (χ3n) is 5.03. The SMILES string of the molecule is Cc1ccc(N2C[C@H](C)N(C(=O)c3cnc4ccccc4c3)CC2=O)cc1. The molecule has 0 spiro atoms. The van der Waals surface area contributed by atoms with Crippen molar-refractivity contribution >= 4 is 28.4 Å². The number of para-hydroxylation sites is 1. The van der Waals surface area contributed by atoms with E-state index in [1.807, 2.05) is 68.4 Å². The average Bonchev–Trinajstić information content (AvgIpc) is 2.69. The Balaban J connectivity index is 1.56. The van der Waals surface area contributed by atoms with Gasteiger partial charge in [-0.05, 0) is 38.1 Å². The third-order valence-corrected chi connectivity index (χ3v) is 5.03. The van der Waals surface area contributed by atoms with Crippen LogP contribution in [0.5, 0.6) is 0 Å². The number of aryl methyl sites for hydroxylation is 1. The topological polar surface area (TPSA) is 53.5 Å². The molecule has 1 fully saturated rings. The van der Waals surface area contributed by atoms with Crippen molar-refractivity contribution < 1.29 is 9.59 Å². The molecule has 4 rings (SSSR count). The first-order valence-corrected chi connectivity index (χ1v) is 9.06. The van der Waals surface area contributed by atoms with E-state index in [0.29, 0.717) is 12.1 Å². The van der Waals surface area contributed by atoms with E-state index >= 15 is 0 Å². The van der Waals surface area contributed by atoms with Gasteiger partial charge in [0.05, 0.1) is 11.1 Å². The molecule has 0 radical (unpaired) electrons.